The molecular weight excluding hydrogens is 455 g/mol. The van der Waals surface area contributed by atoms with Crippen LogP contribution in [-0.4, -0.2) is 36.0 Å². The Morgan fingerprint density at radius 1 is 1.09 bits per heavy atom. The Kier molecular flexibility index (Phi) is 8.48. The van der Waals surface area contributed by atoms with Crippen LogP contribution in [0.15, 0.2) is 36.4 Å². The van der Waals surface area contributed by atoms with E-state index in [-0.39, 0.29) is 41.5 Å². The van der Waals surface area contributed by atoms with Crippen molar-refractivity contribution >= 4 is 34.9 Å². The van der Waals surface area contributed by atoms with Gasteiger partial charge in [-0.25, -0.2) is 0 Å². The predicted molar refractivity (Wildman–Crippen MR) is 109 cm³/mol. The fourth-order valence-corrected chi connectivity index (χ4v) is 2.76. The minimum absolute atomic E-state index is 0.123. The van der Waals surface area contributed by atoms with Crippen molar-refractivity contribution in [2.75, 3.05) is 18.5 Å². The largest absolute Gasteiger partial charge is 0.504 e. The highest BCUT2D eigenvalue weighted by molar-refractivity contribution is 6.30. The summed E-state index contributed by atoms with van der Waals surface area (Å²) in [6.07, 6.45) is -5.35. The molecule has 0 unspecified atom stereocenters. The smallest absolute Gasteiger partial charge is 0.418 e. The highest BCUT2D eigenvalue weighted by Crippen LogP contribution is 2.36. The number of ketones is 1. The first kappa shape index (κ1) is 25.0. The van der Waals surface area contributed by atoms with E-state index in [1.165, 1.54) is 24.3 Å². The second kappa shape index (κ2) is 10.9. The van der Waals surface area contributed by atoms with E-state index >= 15 is 0 Å². The number of hydrogen-bond acceptors (Lipinski definition) is 6. The van der Waals surface area contributed by atoms with Gasteiger partial charge in [0.05, 0.1) is 24.3 Å². The number of rotatable bonds is 9. The average molecular weight is 474 g/mol. The van der Waals surface area contributed by atoms with Crippen LogP contribution in [0.2, 0.25) is 5.02 Å². The van der Waals surface area contributed by atoms with Crippen molar-refractivity contribution < 1.29 is 42.1 Å². The van der Waals surface area contributed by atoms with Crippen molar-refractivity contribution in [2.24, 2.45) is 0 Å². The third-order valence-electron chi connectivity index (χ3n) is 4.06. The number of anilines is 1. The van der Waals surface area contributed by atoms with Gasteiger partial charge in [0.25, 0.3) is 5.91 Å². The lowest BCUT2D eigenvalue weighted by Gasteiger charge is -2.14. The van der Waals surface area contributed by atoms with E-state index in [0.717, 1.165) is 6.07 Å². The number of carbonyl (C=O) groups is 3. The van der Waals surface area contributed by atoms with Crippen LogP contribution in [0.3, 0.4) is 0 Å². The third-order valence-corrected chi connectivity index (χ3v) is 4.30. The molecule has 2 aromatic carbocycles. The van der Waals surface area contributed by atoms with E-state index < -0.39 is 41.7 Å². The molecule has 0 radical (unpaired) electrons. The first-order valence-corrected chi connectivity index (χ1v) is 9.70. The SMILES string of the molecule is CCOc1cc(C(=O)CCC(=O)OCC(=O)Nc2ccc(Cl)cc2C(F)(F)F)ccc1O. The van der Waals surface area contributed by atoms with Crippen molar-refractivity contribution in [3.05, 3.63) is 52.5 Å². The molecule has 172 valence electrons. The number of alkyl halides is 3. The second-order valence-electron chi connectivity index (χ2n) is 6.44. The summed E-state index contributed by atoms with van der Waals surface area (Å²) in [5, 5.41) is 11.5. The Balaban J connectivity index is 1.87. The van der Waals surface area contributed by atoms with Gasteiger partial charge in [-0.05, 0) is 43.3 Å². The molecule has 0 aliphatic rings. The molecule has 0 saturated carbocycles. The number of aromatic hydroxyl groups is 1. The number of ether oxygens (including phenoxy) is 2. The van der Waals surface area contributed by atoms with Gasteiger partial charge in [-0.3, -0.25) is 14.4 Å². The van der Waals surface area contributed by atoms with Crippen molar-refractivity contribution in [3.63, 3.8) is 0 Å². The van der Waals surface area contributed by atoms with E-state index in [1.807, 2.05) is 5.32 Å². The summed E-state index contributed by atoms with van der Waals surface area (Å²) in [5.74, 6) is -2.31. The van der Waals surface area contributed by atoms with Crippen molar-refractivity contribution in [2.45, 2.75) is 25.9 Å². The van der Waals surface area contributed by atoms with Gasteiger partial charge < -0.3 is 19.9 Å². The summed E-state index contributed by atoms with van der Waals surface area (Å²) >= 11 is 5.57. The molecule has 0 saturated heterocycles. The summed E-state index contributed by atoms with van der Waals surface area (Å²) in [6.45, 7) is 1.15. The zero-order valence-electron chi connectivity index (χ0n) is 16.8. The van der Waals surface area contributed by atoms with Gasteiger partial charge in [-0.2, -0.15) is 13.2 Å². The molecule has 0 aromatic heterocycles. The van der Waals surface area contributed by atoms with Crippen molar-refractivity contribution in [1.29, 1.82) is 0 Å². The molecule has 2 rings (SSSR count). The number of benzene rings is 2. The van der Waals surface area contributed by atoms with Crippen LogP contribution in [0.4, 0.5) is 18.9 Å². The third kappa shape index (κ3) is 7.16. The number of carbonyl (C=O) groups excluding carboxylic acids is 3. The fraction of sp³-hybridized carbons (Fsp3) is 0.286. The molecule has 0 aliphatic carbocycles. The van der Waals surface area contributed by atoms with Crippen LogP contribution in [0, 0.1) is 0 Å². The number of Topliss-reactive ketones (excluding diaryl/α,β-unsaturated/α-hetero) is 1. The van der Waals surface area contributed by atoms with Crippen LogP contribution in [0.1, 0.15) is 35.7 Å². The zero-order chi connectivity index (χ0) is 23.9. The lowest BCUT2D eigenvalue weighted by Crippen LogP contribution is -2.23. The summed E-state index contributed by atoms with van der Waals surface area (Å²) < 4.78 is 49.1. The lowest BCUT2D eigenvalue weighted by molar-refractivity contribution is -0.147. The van der Waals surface area contributed by atoms with Gasteiger partial charge in [0.15, 0.2) is 23.9 Å². The van der Waals surface area contributed by atoms with Crippen LogP contribution < -0.4 is 10.1 Å². The number of phenolic OH excluding ortho intramolecular Hbond substituents is 1. The number of phenols is 1. The van der Waals surface area contributed by atoms with Crippen LogP contribution in [0.25, 0.3) is 0 Å². The maximum atomic E-state index is 13.0. The summed E-state index contributed by atoms with van der Waals surface area (Å²) in [4.78, 5) is 35.9. The highest BCUT2D eigenvalue weighted by atomic mass is 35.5. The van der Waals surface area contributed by atoms with Gasteiger partial charge in [0.2, 0.25) is 0 Å². The maximum Gasteiger partial charge on any atom is 0.418 e. The molecule has 2 aromatic rings. The van der Waals surface area contributed by atoms with E-state index in [4.69, 9.17) is 21.1 Å². The molecule has 32 heavy (non-hydrogen) atoms. The number of nitrogens with one attached hydrogen (secondary N) is 1. The molecule has 2 N–H and O–H groups in total. The van der Waals surface area contributed by atoms with Crippen LogP contribution in [0.5, 0.6) is 11.5 Å². The molecule has 11 heteroatoms. The van der Waals surface area contributed by atoms with E-state index in [1.54, 1.807) is 6.92 Å². The van der Waals surface area contributed by atoms with Gasteiger partial charge in [0, 0.05) is 17.0 Å². The first-order chi connectivity index (χ1) is 15.0. The summed E-state index contributed by atoms with van der Waals surface area (Å²) in [5.41, 5.74) is -1.47. The van der Waals surface area contributed by atoms with Crippen molar-refractivity contribution in [3.8, 4) is 11.5 Å². The maximum absolute atomic E-state index is 13.0. The number of amides is 1. The number of esters is 1. The number of halogens is 4. The van der Waals surface area contributed by atoms with Crippen LogP contribution >= 0.6 is 11.6 Å². The van der Waals surface area contributed by atoms with Crippen LogP contribution in [-0.2, 0) is 20.5 Å². The minimum Gasteiger partial charge on any atom is -0.504 e. The lowest BCUT2D eigenvalue weighted by atomic mass is 10.1. The topological polar surface area (TPSA) is 102 Å². The highest BCUT2D eigenvalue weighted by Gasteiger charge is 2.34. The molecular formula is C21H19ClF3NO6. The second-order valence-corrected chi connectivity index (χ2v) is 6.87. The molecule has 0 aliphatic heterocycles. The molecule has 7 nitrogen and oxygen atoms in total. The van der Waals surface area contributed by atoms with Gasteiger partial charge >= 0.3 is 12.1 Å². The molecule has 0 atom stereocenters. The Morgan fingerprint density at radius 2 is 1.81 bits per heavy atom. The Morgan fingerprint density at radius 3 is 2.47 bits per heavy atom. The number of hydrogen-bond donors (Lipinski definition) is 2. The Bertz CT molecular complexity index is 1010. The quantitative estimate of drug-likeness (QED) is 0.407. The predicted octanol–water partition coefficient (Wildman–Crippen LogP) is 4.61. The molecule has 0 bridgehead atoms. The molecule has 0 heterocycles. The minimum atomic E-state index is -4.75. The fourth-order valence-electron chi connectivity index (χ4n) is 2.58. The monoisotopic (exact) mass is 473 g/mol. The molecule has 0 spiro atoms. The van der Waals surface area contributed by atoms with E-state index in [9.17, 15) is 32.7 Å². The summed E-state index contributed by atoms with van der Waals surface area (Å²) in [7, 11) is 0. The first-order valence-electron chi connectivity index (χ1n) is 9.32. The normalized spacial score (nSPS) is 11.0. The van der Waals surface area contributed by atoms with E-state index in [2.05, 4.69) is 0 Å². The van der Waals surface area contributed by atoms with Crippen molar-refractivity contribution in [1.82, 2.24) is 0 Å². The zero-order valence-corrected chi connectivity index (χ0v) is 17.5. The standard InChI is InChI=1S/C21H19ClF3NO6/c1-2-31-18-9-12(3-6-17(18)28)16(27)7-8-20(30)32-11-19(29)26-15-5-4-13(22)10-14(15)21(23,24)25/h3-6,9-10,28H,2,7-8,11H2,1H3,(H,26,29). The van der Waals surface area contributed by atoms with E-state index in [0.29, 0.717) is 6.07 Å². The Labute approximate surface area is 186 Å². The summed E-state index contributed by atoms with van der Waals surface area (Å²) in [6, 6.07) is 6.80. The van der Waals surface area contributed by atoms with Gasteiger partial charge in [-0.15, -0.1) is 0 Å². The Hall–Kier alpha value is -3.27. The molecule has 0 fully saturated rings. The molecule has 1 amide bonds. The average Bonchev–Trinajstić information content (AvgIpc) is 2.72. The van der Waals surface area contributed by atoms with Gasteiger partial charge in [-0.1, -0.05) is 11.6 Å². The van der Waals surface area contributed by atoms with Gasteiger partial charge in [0.1, 0.15) is 0 Å².